The lowest BCUT2D eigenvalue weighted by Gasteiger charge is -2.39. The highest BCUT2D eigenvalue weighted by Crippen LogP contribution is 2.43. The lowest BCUT2D eigenvalue weighted by Crippen LogP contribution is -2.48. The molecule has 1 spiro atoms. The SMILES string of the molecule is O=C1OC2(CCCN(C(=O)c3cc4ccccc4[nH]3)C2)c2ccccc21. The van der Waals surface area contributed by atoms with E-state index in [1.54, 1.807) is 11.0 Å². The number of para-hydroxylation sites is 1. The van der Waals surface area contributed by atoms with Crippen LogP contribution in [0.15, 0.2) is 54.6 Å². The van der Waals surface area contributed by atoms with Gasteiger partial charge >= 0.3 is 5.97 Å². The van der Waals surface area contributed by atoms with Crippen molar-refractivity contribution < 1.29 is 14.3 Å². The van der Waals surface area contributed by atoms with Crippen LogP contribution in [0.4, 0.5) is 0 Å². The number of fused-ring (bicyclic) bond motifs is 3. The number of piperidine rings is 1. The van der Waals surface area contributed by atoms with Gasteiger partial charge < -0.3 is 14.6 Å². The predicted octanol–water partition coefficient (Wildman–Crippen LogP) is 3.47. The van der Waals surface area contributed by atoms with Gasteiger partial charge in [-0.3, -0.25) is 4.79 Å². The highest BCUT2D eigenvalue weighted by atomic mass is 16.6. The monoisotopic (exact) mass is 346 g/mol. The first kappa shape index (κ1) is 15.2. The number of esters is 1. The van der Waals surface area contributed by atoms with E-state index in [1.165, 1.54) is 0 Å². The number of carbonyl (C=O) groups is 2. The summed E-state index contributed by atoms with van der Waals surface area (Å²) in [5.41, 5.74) is 2.32. The summed E-state index contributed by atoms with van der Waals surface area (Å²) in [5.74, 6) is -0.346. The number of rotatable bonds is 1. The number of aromatic amines is 1. The van der Waals surface area contributed by atoms with Crippen LogP contribution in [0.5, 0.6) is 0 Å². The van der Waals surface area contributed by atoms with E-state index in [1.807, 2.05) is 48.5 Å². The molecule has 0 bridgehead atoms. The number of benzene rings is 2. The molecule has 0 aliphatic carbocycles. The molecule has 1 saturated heterocycles. The lowest BCUT2D eigenvalue weighted by molar-refractivity contribution is -0.0443. The summed E-state index contributed by atoms with van der Waals surface area (Å²) >= 11 is 0. The van der Waals surface area contributed by atoms with E-state index in [2.05, 4.69) is 4.98 Å². The molecule has 26 heavy (non-hydrogen) atoms. The standard InChI is InChI=1S/C21H18N2O3/c24-19(18-12-14-6-1-4-9-17(14)22-18)23-11-5-10-21(13-23)16-8-3-2-7-15(16)20(25)26-21/h1-4,6-9,12,22H,5,10-11,13H2. The lowest BCUT2D eigenvalue weighted by atomic mass is 9.85. The number of carbonyl (C=O) groups excluding carboxylic acids is 2. The molecule has 5 nitrogen and oxygen atoms in total. The molecule has 2 aliphatic heterocycles. The number of likely N-dealkylation sites (tertiary alicyclic amines) is 1. The third kappa shape index (κ3) is 2.17. The number of hydrogen-bond acceptors (Lipinski definition) is 3. The molecule has 0 radical (unpaired) electrons. The van der Waals surface area contributed by atoms with E-state index >= 15 is 0 Å². The summed E-state index contributed by atoms with van der Waals surface area (Å²) in [5, 5.41) is 1.01. The van der Waals surface area contributed by atoms with Gasteiger partial charge in [0.25, 0.3) is 5.91 Å². The number of nitrogens with zero attached hydrogens (tertiary/aromatic N) is 1. The van der Waals surface area contributed by atoms with Crippen molar-refractivity contribution in [2.24, 2.45) is 0 Å². The van der Waals surface area contributed by atoms with Gasteiger partial charge in [-0.1, -0.05) is 36.4 Å². The molecule has 3 aromatic rings. The maximum Gasteiger partial charge on any atom is 0.339 e. The Morgan fingerprint density at radius 1 is 1.12 bits per heavy atom. The van der Waals surface area contributed by atoms with E-state index in [4.69, 9.17) is 4.74 Å². The van der Waals surface area contributed by atoms with Gasteiger partial charge in [0.1, 0.15) is 5.69 Å². The molecular weight excluding hydrogens is 328 g/mol. The average molecular weight is 346 g/mol. The number of amides is 1. The van der Waals surface area contributed by atoms with Gasteiger partial charge in [0.2, 0.25) is 0 Å². The minimum Gasteiger partial charge on any atom is -0.449 e. The van der Waals surface area contributed by atoms with Crippen LogP contribution in [0.2, 0.25) is 0 Å². The average Bonchev–Trinajstić information content (AvgIpc) is 3.22. The quantitative estimate of drug-likeness (QED) is 0.686. The Morgan fingerprint density at radius 3 is 2.81 bits per heavy atom. The fourth-order valence-electron chi connectivity index (χ4n) is 4.20. The van der Waals surface area contributed by atoms with Crippen molar-refractivity contribution in [1.82, 2.24) is 9.88 Å². The van der Waals surface area contributed by atoms with E-state index in [0.29, 0.717) is 24.3 Å². The molecule has 5 heteroatoms. The summed E-state index contributed by atoms with van der Waals surface area (Å²) in [6.45, 7) is 1.06. The fraction of sp³-hybridized carbons (Fsp3) is 0.238. The van der Waals surface area contributed by atoms with Crippen LogP contribution in [-0.2, 0) is 10.3 Å². The van der Waals surface area contributed by atoms with Crippen molar-refractivity contribution in [2.75, 3.05) is 13.1 Å². The molecule has 1 fully saturated rings. The number of nitrogens with one attached hydrogen (secondary N) is 1. The number of ether oxygens (including phenoxy) is 1. The van der Waals surface area contributed by atoms with Gasteiger partial charge in [-0.25, -0.2) is 4.79 Å². The van der Waals surface area contributed by atoms with Gasteiger partial charge in [0, 0.05) is 23.0 Å². The Bertz CT molecular complexity index is 1010. The zero-order chi connectivity index (χ0) is 17.7. The van der Waals surface area contributed by atoms with Gasteiger partial charge in [0.05, 0.1) is 12.1 Å². The Kier molecular flexibility index (Phi) is 3.19. The highest BCUT2D eigenvalue weighted by molar-refractivity contribution is 5.98. The fourth-order valence-corrected chi connectivity index (χ4v) is 4.20. The second-order valence-electron chi connectivity index (χ2n) is 7.03. The van der Waals surface area contributed by atoms with Crippen LogP contribution in [0.3, 0.4) is 0 Å². The third-order valence-electron chi connectivity index (χ3n) is 5.43. The van der Waals surface area contributed by atoms with Gasteiger partial charge in [-0.2, -0.15) is 0 Å². The van der Waals surface area contributed by atoms with Crippen molar-refractivity contribution in [3.63, 3.8) is 0 Å². The summed E-state index contributed by atoms with van der Waals surface area (Å²) in [4.78, 5) is 30.3. The molecule has 130 valence electrons. The highest BCUT2D eigenvalue weighted by Gasteiger charge is 2.48. The normalized spacial score (nSPS) is 21.8. The first-order valence-corrected chi connectivity index (χ1v) is 8.86. The van der Waals surface area contributed by atoms with Gasteiger partial charge in [-0.15, -0.1) is 0 Å². The van der Waals surface area contributed by atoms with Crippen molar-refractivity contribution >= 4 is 22.8 Å². The first-order chi connectivity index (χ1) is 12.7. The Balaban J connectivity index is 1.48. The molecule has 1 N–H and O–H groups in total. The molecule has 5 rings (SSSR count). The zero-order valence-electron chi connectivity index (χ0n) is 14.2. The molecule has 1 aromatic heterocycles. The van der Waals surface area contributed by atoms with E-state index in [0.717, 1.165) is 29.3 Å². The Hall–Kier alpha value is -3.08. The number of aromatic nitrogens is 1. The third-order valence-corrected chi connectivity index (χ3v) is 5.43. The summed E-state index contributed by atoms with van der Waals surface area (Å²) < 4.78 is 5.79. The molecule has 2 aliphatic rings. The maximum atomic E-state index is 13.1. The minimum atomic E-state index is -0.715. The minimum absolute atomic E-state index is 0.0549. The second-order valence-corrected chi connectivity index (χ2v) is 7.03. The molecular formula is C21H18N2O3. The van der Waals surface area contributed by atoms with Crippen molar-refractivity contribution in [3.05, 3.63) is 71.4 Å². The first-order valence-electron chi connectivity index (χ1n) is 8.86. The summed E-state index contributed by atoms with van der Waals surface area (Å²) in [6.07, 6.45) is 1.54. The molecule has 1 atom stereocenters. The maximum absolute atomic E-state index is 13.1. The van der Waals surface area contributed by atoms with Crippen LogP contribution in [0.1, 0.15) is 39.3 Å². The number of H-pyrrole nitrogens is 1. The van der Waals surface area contributed by atoms with Crippen molar-refractivity contribution in [3.8, 4) is 0 Å². The number of hydrogen-bond donors (Lipinski definition) is 1. The smallest absolute Gasteiger partial charge is 0.339 e. The van der Waals surface area contributed by atoms with Gasteiger partial charge in [-0.05, 0) is 31.0 Å². The van der Waals surface area contributed by atoms with Crippen LogP contribution >= 0.6 is 0 Å². The predicted molar refractivity (Wildman–Crippen MR) is 97.0 cm³/mol. The zero-order valence-corrected chi connectivity index (χ0v) is 14.2. The van der Waals surface area contributed by atoms with Crippen molar-refractivity contribution in [2.45, 2.75) is 18.4 Å². The molecule has 3 heterocycles. The second kappa shape index (κ2) is 5.46. The Labute approximate surface area is 150 Å². The van der Waals surface area contributed by atoms with E-state index < -0.39 is 5.60 Å². The van der Waals surface area contributed by atoms with E-state index in [-0.39, 0.29) is 11.9 Å². The van der Waals surface area contributed by atoms with Crippen LogP contribution in [-0.4, -0.2) is 34.8 Å². The summed E-state index contributed by atoms with van der Waals surface area (Å²) in [7, 11) is 0. The van der Waals surface area contributed by atoms with Crippen LogP contribution < -0.4 is 0 Å². The van der Waals surface area contributed by atoms with Crippen molar-refractivity contribution in [1.29, 1.82) is 0 Å². The van der Waals surface area contributed by atoms with Crippen LogP contribution in [0.25, 0.3) is 10.9 Å². The van der Waals surface area contributed by atoms with E-state index in [9.17, 15) is 9.59 Å². The summed E-state index contributed by atoms with van der Waals surface area (Å²) in [6, 6.07) is 17.2. The van der Waals surface area contributed by atoms with Crippen LogP contribution in [0, 0.1) is 0 Å². The van der Waals surface area contributed by atoms with Gasteiger partial charge in [0.15, 0.2) is 5.60 Å². The molecule has 2 aromatic carbocycles. The Morgan fingerprint density at radius 2 is 1.92 bits per heavy atom. The largest absolute Gasteiger partial charge is 0.449 e. The topological polar surface area (TPSA) is 62.4 Å². The molecule has 1 amide bonds. The molecule has 0 saturated carbocycles. The molecule has 1 unspecified atom stereocenters.